The van der Waals surface area contributed by atoms with Gasteiger partial charge in [-0.05, 0) is 30.2 Å². The van der Waals surface area contributed by atoms with E-state index in [9.17, 15) is 39.5 Å². The molecule has 3 rings (SSSR count). The number of nitro benzene ring substituents is 1. The predicted molar refractivity (Wildman–Crippen MR) is 161 cm³/mol. The Morgan fingerprint density at radius 1 is 0.804 bits per heavy atom. The molecule has 0 unspecified atom stereocenters. The molecule has 2 N–H and O–H groups in total. The van der Waals surface area contributed by atoms with E-state index in [-0.39, 0.29) is 50.1 Å². The molecule has 0 saturated heterocycles. The monoisotopic (exact) mass is 638 g/mol. The summed E-state index contributed by atoms with van der Waals surface area (Å²) in [6.45, 7) is 2.64. The lowest BCUT2D eigenvalue weighted by molar-refractivity contribution is -0.384. The third-order valence-corrected chi connectivity index (χ3v) is 6.76. The summed E-state index contributed by atoms with van der Waals surface area (Å²) >= 11 is 0. The lowest BCUT2D eigenvalue weighted by atomic mass is 10.1. The Hall–Kier alpha value is -5.32. The predicted octanol–water partition coefficient (Wildman–Crippen LogP) is 1.68. The molecule has 16 nitrogen and oxygen atoms in total. The van der Waals surface area contributed by atoms with Crippen molar-refractivity contribution in [2.45, 2.75) is 19.5 Å². The van der Waals surface area contributed by atoms with Crippen molar-refractivity contribution >= 4 is 30.6 Å². The summed E-state index contributed by atoms with van der Waals surface area (Å²) in [5, 5.41) is 29.9. The first-order valence-electron chi connectivity index (χ1n) is 14.1. The summed E-state index contributed by atoms with van der Waals surface area (Å²) in [4.78, 5) is 69.2. The first kappa shape index (κ1) is 35.2. The van der Waals surface area contributed by atoms with E-state index in [1.54, 1.807) is 46.2 Å². The quantitative estimate of drug-likeness (QED) is 0.0695. The van der Waals surface area contributed by atoms with E-state index in [0.29, 0.717) is 57.0 Å². The van der Waals surface area contributed by atoms with Crippen LogP contribution >= 0.6 is 0 Å². The molecule has 0 saturated carbocycles. The Balaban J connectivity index is 1.74. The van der Waals surface area contributed by atoms with Gasteiger partial charge in [-0.15, -0.1) is 0 Å². The van der Waals surface area contributed by atoms with Crippen molar-refractivity contribution in [1.29, 1.82) is 0 Å². The highest BCUT2D eigenvalue weighted by Crippen LogP contribution is 2.14. The molecule has 2 heterocycles. The van der Waals surface area contributed by atoms with Gasteiger partial charge in [0.05, 0.1) is 22.9 Å². The van der Waals surface area contributed by atoms with Crippen LogP contribution < -0.4 is 4.74 Å². The topological polar surface area (TPSA) is 206 Å². The number of carbonyl (C=O) groups is 4. The van der Waals surface area contributed by atoms with Crippen LogP contribution in [0.15, 0.2) is 60.7 Å². The Bertz CT molecular complexity index is 1470. The Morgan fingerprint density at radius 2 is 1.43 bits per heavy atom. The van der Waals surface area contributed by atoms with E-state index in [1.165, 1.54) is 24.3 Å². The molecule has 0 bridgehead atoms. The van der Waals surface area contributed by atoms with Crippen LogP contribution in [-0.4, -0.2) is 111 Å². The zero-order chi connectivity index (χ0) is 33.3. The Kier molecular flexibility index (Phi) is 14.1. The number of non-ortho nitro benzene ring substituents is 1. The molecule has 46 heavy (non-hydrogen) atoms. The van der Waals surface area contributed by atoms with Gasteiger partial charge < -0.3 is 24.6 Å². The normalized spacial score (nSPS) is 11.0. The molecule has 0 aliphatic rings. The second kappa shape index (κ2) is 18.5. The van der Waals surface area contributed by atoms with Crippen LogP contribution in [0.1, 0.15) is 27.4 Å². The van der Waals surface area contributed by atoms with Gasteiger partial charge in [-0.3, -0.25) is 34.3 Å². The van der Waals surface area contributed by atoms with Crippen LogP contribution in [-0.2, 0) is 38.6 Å². The minimum atomic E-state index is -1.17. The Labute approximate surface area is 263 Å². The van der Waals surface area contributed by atoms with Gasteiger partial charge in [-0.1, -0.05) is 24.3 Å². The molecule has 3 aromatic rings. The van der Waals surface area contributed by atoms with Gasteiger partial charge in [0, 0.05) is 64.0 Å². The second-order valence-corrected chi connectivity index (χ2v) is 10.1. The van der Waals surface area contributed by atoms with E-state index >= 15 is 0 Å². The molecule has 1 aromatic carbocycles. The number of carboxylic acid groups (broad SMARTS) is 2. The van der Waals surface area contributed by atoms with Crippen molar-refractivity contribution in [3.63, 3.8) is 0 Å². The molecular weight excluding hydrogens is 604 g/mol. The number of hydrogen-bond donors (Lipinski definition) is 2. The zero-order valence-corrected chi connectivity index (χ0v) is 24.8. The SMILES string of the molecule is O=COCN(CCN(CCc1ccc([N+](=O)[O-])cc1)CCN(CC(=O)O)Cc1cccc(OC=O)n1)Cc1cccc(C(=O)O)n1. The van der Waals surface area contributed by atoms with Gasteiger partial charge in [0.1, 0.15) is 12.4 Å². The lowest BCUT2D eigenvalue weighted by Crippen LogP contribution is -2.42. The van der Waals surface area contributed by atoms with Gasteiger partial charge in [0.25, 0.3) is 18.6 Å². The highest BCUT2D eigenvalue weighted by Gasteiger charge is 2.17. The smallest absolute Gasteiger partial charge is 0.354 e. The number of nitro groups is 1. The largest absolute Gasteiger partial charge is 0.480 e. The highest BCUT2D eigenvalue weighted by atomic mass is 16.6. The number of carbonyl (C=O) groups excluding carboxylic acids is 2. The summed E-state index contributed by atoms with van der Waals surface area (Å²) in [6.07, 6.45) is 0.538. The molecule has 2 aromatic heterocycles. The molecule has 0 spiro atoms. The number of carboxylic acids is 2. The van der Waals surface area contributed by atoms with E-state index < -0.39 is 16.9 Å². The molecule has 0 aliphatic carbocycles. The fraction of sp³-hybridized carbons (Fsp3) is 0.333. The molecule has 244 valence electrons. The fourth-order valence-corrected chi connectivity index (χ4v) is 4.51. The number of aliphatic carboxylic acids is 1. The van der Waals surface area contributed by atoms with E-state index in [2.05, 4.69) is 14.9 Å². The van der Waals surface area contributed by atoms with Gasteiger partial charge in [-0.25, -0.2) is 14.8 Å². The second-order valence-electron chi connectivity index (χ2n) is 10.1. The number of hydrogen-bond acceptors (Lipinski definition) is 13. The molecule has 0 radical (unpaired) electrons. The van der Waals surface area contributed by atoms with Crippen LogP contribution in [0, 0.1) is 10.1 Å². The maximum Gasteiger partial charge on any atom is 0.354 e. The van der Waals surface area contributed by atoms with Crippen molar-refractivity contribution in [3.05, 3.63) is 93.4 Å². The maximum atomic E-state index is 11.7. The standard InChI is InChI=1S/C30H34N6O10/c37-21-45-20-35(18-24-3-1-5-27(31-24)30(41)42)16-14-33(12-11-23-7-9-26(10-8-23)36(43)44)13-15-34(19-29(39)40)17-25-4-2-6-28(32-25)46-22-38/h1-10,21-22H,11-20H2,(H,39,40)(H,41,42). The minimum absolute atomic E-state index is 0.0208. The van der Waals surface area contributed by atoms with E-state index in [4.69, 9.17) is 9.47 Å². The fourth-order valence-electron chi connectivity index (χ4n) is 4.51. The number of aromatic carboxylic acids is 1. The molecule has 0 fully saturated rings. The maximum absolute atomic E-state index is 11.7. The molecule has 0 atom stereocenters. The first-order chi connectivity index (χ1) is 22.2. The van der Waals surface area contributed by atoms with Gasteiger partial charge in [0.15, 0.2) is 0 Å². The number of nitrogens with zero attached hydrogens (tertiary/aromatic N) is 6. The highest BCUT2D eigenvalue weighted by molar-refractivity contribution is 5.85. The van der Waals surface area contributed by atoms with Crippen LogP contribution in [0.25, 0.3) is 0 Å². The molecule has 0 aliphatic heterocycles. The number of ether oxygens (including phenoxy) is 2. The lowest BCUT2D eigenvalue weighted by Gasteiger charge is -2.29. The summed E-state index contributed by atoms with van der Waals surface area (Å²) in [5.41, 5.74) is 1.70. The molecule has 0 amide bonds. The van der Waals surface area contributed by atoms with Crippen LogP contribution in [0.5, 0.6) is 5.88 Å². The van der Waals surface area contributed by atoms with E-state index in [1.807, 2.05) is 0 Å². The number of pyridine rings is 2. The summed E-state index contributed by atoms with van der Waals surface area (Å²) < 4.78 is 9.79. The number of benzene rings is 1. The third-order valence-electron chi connectivity index (χ3n) is 6.76. The number of rotatable bonds is 22. The number of aromatic nitrogens is 2. The summed E-state index contributed by atoms with van der Waals surface area (Å²) in [6, 6.07) is 15.7. The average Bonchev–Trinajstić information content (AvgIpc) is 3.03. The van der Waals surface area contributed by atoms with Crippen LogP contribution in [0.2, 0.25) is 0 Å². The Morgan fingerprint density at radius 3 is 2.07 bits per heavy atom. The molecular formula is C30H34N6O10. The first-order valence-corrected chi connectivity index (χ1v) is 14.1. The van der Waals surface area contributed by atoms with E-state index in [0.717, 1.165) is 5.56 Å². The average molecular weight is 639 g/mol. The van der Waals surface area contributed by atoms with Crippen molar-refractivity contribution in [3.8, 4) is 5.88 Å². The van der Waals surface area contributed by atoms with Crippen LogP contribution in [0.4, 0.5) is 5.69 Å². The van der Waals surface area contributed by atoms with Gasteiger partial charge >= 0.3 is 11.9 Å². The zero-order valence-electron chi connectivity index (χ0n) is 24.8. The minimum Gasteiger partial charge on any atom is -0.480 e. The van der Waals surface area contributed by atoms with Gasteiger partial charge in [0.2, 0.25) is 5.88 Å². The summed E-state index contributed by atoms with van der Waals surface area (Å²) in [7, 11) is 0. The third kappa shape index (κ3) is 12.4. The van der Waals surface area contributed by atoms with Gasteiger partial charge in [-0.2, -0.15) is 0 Å². The van der Waals surface area contributed by atoms with Crippen molar-refractivity contribution in [2.75, 3.05) is 46.0 Å². The van der Waals surface area contributed by atoms with Crippen molar-refractivity contribution in [1.82, 2.24) is 24.7 Å². The van der Waals surface area contributed by atoms with Crippen molar-refractivity contribution in [2.24, 2.45) is 0 Å². The van der Waals surface area contributed by atoms with Crippen LogP contribution in [0.3, 0.4) is 0 Å². The molecule has 16 heteroatoms. The summed E-state index contributed by atoms with van der Waals surface area (Å²) in [5.74, 6) is -2.11. The van der Waals surface area contributed by atoms with Crippen molar-refractivity contribution < 1.29 is 43.8 Å².